The van der Waals surface area contributed by atoms with E-state index in [9.17, 15) is 8.42 Å². The van der Waals surface area contributed by atoms with Crippen LogP contribution in [0.1, 0.15) is 54.9 Å². The van der Waals surface area contributed by atoms with Crippen LogP contribution in [0.4, 0.5) is 0 Å². The van der Waals surface area contributed by atoms with Gasteiger partial charge in [0.2, 0.25) is 10.0 Å². The van der Waals surface area contributed by atoms with E-state index in [1.165, 1.54) is 11.3 Å². The SMILES string of the molecule is Cc1nn(CN2CCC[C@@H]2c2cccs2)c(C)c1S(=O)(=O)N1CCC(C)CC1. The van der Waals surface area contributed by atoms with E-state index >= 15 is 0 Å². The minimum Gasteiger partial charge on any atom is -0.276 e. The van der Waals surface area contributed by atoms with Gasteiger partial charge in [0, 0.05) is 30.6 Å². The first-order chi connectivity index (χ1) is 13.4. The Bertz CT molecular complexity index is 912. The Morgan fingerprint density at radius 2 is 1.93 bits per heavy atom. The van der Waals surface area contributed by atoms with Gasteiger partial charge in [-0.25, -0.2) is 8.42 Å². The van der Waals surface area contributed by atoms with Gasteiger partial charge in [0.25, 0.3) is 0 Å². The van der Waals surface area contributed by atoms with Crippen molar-refractivity contribution in [3.8, 4) is 0 Å². The summed E-state index contributed by atoms with van der Waals surface area (Å²) in [4.78, 5) is 4.22. The summed E-state index contributed by atoms with van der Waals surface area (Å²) in [6.45, 7) is 8.80. The predicted octanol–water partition coefficient (Wildman–Crippen LogP) is 3.78. The maximum absolute atomic E-state index is 13.3. The van der Waals surface area contributed by atoms with E-state index in [-0.39, 0.29) is 0 Å². The van der Waals surface area contributed by atoms with Crippen molar-refractivity contribution in [2.45, 2.75) is 64.1 Å². The Morgan fingerprint density at radius 3 is 2.61 bits per heavy atom. The molecule has 0 N–H and O–H groups in total. The fraction of sp³-hybridized carbons (Fsp3) is 0.650. The summed E-state index contributed by atoms with van der Waals surface area (Å²) in [6, 6.07) is 4.71. The second-order valence-electron chi connectivity index (χ2n) is 8.21. The third kappa shape index (κ3) is 3.67. The summed E-state index contributed by atoms with van der Waals surface area (Å²) in [5.74, 6) is 0.598. The van der Waals surface area contributed by atoms with Gasteiger partial charge < -0.3 is 0 Å². The standard InChI is InChI=1S/C20H30N4O2S2/c1-15-8-11-23(12-9-15)28(25,26)20-16(2)21-24(17(20)3)14-22-10-4-6-18(22)19-7-5-13-27-19/h5,7,13,15,18H,4,6,8-12,14H2,1-3H3/t18-/m1/s1. The van der Waals surface area contributed by atoms with Gasteiger partial charge >= 0.3 is 0 Å². The number of rotatable bonds is 5. The van der Waals surface area contributed by atoms with Gasteiger partial charge in [0.15, 0.2) is 0 Å². The highest BCUT2D eigenvalue weighted by molar-refractivity contribution is 7.89. The fourth-order valence-corrected chi connectivity index (χ4v) is 7.25. The molecule has 2 aliphatic rings. The highest BCUT2D eigenvalue weighted by atomic mass is 32.2. The van der Waals surface area contributed by atoms with Crippen LogP contribution in [0.2, 0.25) is 0 Å². The minimum atomic E-state index is -3.48. The molecule has 4 rings (SSSR count). The summed E-state index contributed by atoms with van der Waals surface area (Å²) >= 11 is 1.80. The maximum Gasteiger partial charge on any atom is 0.246 e. The van der Waals surface area contributed by atoms with Crippen molar-refractivity contribution in [2.24, 2.45) is 5.92 Å². The van der Waals surface area contributed by atoms with Crippen LogP contribution in [0.15, 0.2) is 22.4 Å². The predicted molar refractivity (Wildman–Crippen MR) is 112 cm³/mol. The van der Waals surface area contributed by atoms with Crippen LogP contribution >= 0.6 is 11.3 Å². The van der Waals surface area contributed by atoms with Crippen LogP contribution in [-0.4, -0.2) is 47.0 Å². The van der Waals surface area contributed by atoms with Gasteiger partial charge in [-0.15, -0.1) is 11.3 Å². The largest absolute Gasteiger partial charge is 0.276 e. The summed E-state index contributed by atoms with van der Waals surface area (Å²) in [5.41, 5.74) is 1.37. The Kier molecular flexibility index (Phi) is 5.66. The maximum atomic E-state index is 13.3. The van der Waals surface area contributed by atoms with Crippen LogP contribution in [0.25, 0.3) is 0 Å². The number of sulfonamides is 1. The lowest BCUT2D eigenvalue weighted by molar-refractivity contribution is 0.191. The monoisotopic (exact) mass is 422 g/mol. The van der Waals surface area contributed by atoms with E-state index in [2.05, 4.69) is 34.4 Å². The topological polar surface area (TPSA) is 58.4 Å². The van der Waals surface area contributed by atoms with E-state index in [0.29, 0.717) is 42.3 Å². The Balaban J connectivity index is 1.57. The number of hydrogen-bond donors (Lipinski definition) is 0. The highest BCUT2D eigenvalue weighted by Crippen LogP contribution is 2.35. The number of thiophene rings is 1. The number of aromatic nitrogens is 2. The molecule has 8 heteroatoms. The second kappa shape index (κ2) is 7.89. The third-order valence-corrected chi connectivity index (χ3v) is 9.33. The Labute approximate surface area is 172 Å². The molecule has 28 heavy (non-hydrogen) atoms. The van der Waals surface area contributed by atoms with Gasteiger partial charge in [-0.2, -0.15) is 9.40 Å². The quantitative estimate of drug-likeness (QED) is 0.736. The van der Waals surface area contributed by atoms with E-state index in [4.69, 9.17) is 0 Å². The van der Waals surface area contributed by atoms with Crippen molar-refractivity contribution < 1.29 is 8.42 Å². The molecule has 2 saturated heterocycles. The lowest BCUT2D eigenvalue weighted by Gasteiger charge is -2.29. The Morgan fingerprint density at radius 1 is 1.18 bits per heavy atom. The molecule has 0 spiro atoms. The Hall–Kier alpha value is -1.22. The molecule has 2 aromatic heterocycles. The molecule has 6 nitrogen and oxygen atoms in total. The summed E-state index contributed by atoms with van der Waals surface area (Å²) in [7, 11) is -3.48. The van der Waals surface area contributed by atoms with E-state index in [1.54, 1.807) is 15.6 Å². The van der Waals surface area contributed by atoms with Gasteiger partial charge in [-0.1, -0.05) is 13.0 Å². The number of likely N-dealkylation sites (tertiary alicyclic amines) is 1. The van der Waals surface area contributed by atoms with Gasteiger partial charge in [-0.3, -0.25) is 9.58 Å². The molecule has 0 unspecified atom stereocenters. The molecule has 0 radical (unpaired) electrons. The average Bonchev–Trinajstić information content (AvgIpc) is 3.37. The second-order valence-corrected chi connectivity index (χ2v) is 11.1. The molecule has 2 fully saturated rings. The number of aryl methyl sites for hydroxylation is 1. The minimum absolute atomic E-state index is 0.410. The molecule has 154 valence electrons. The van der Waals surface area contributed by atoms with E-state index in [0.717, 1.165) is 31.5 Å². The lowest BCUT2D eigenvalue weighted by Crippen LogP contribution is -2.38. The molecule has 1 atom stereocenters. The van der Waals surface area contributed by atoms with Crippen LogP contribution in [0.5, 0.6) is 0 Å². The first kappa shape index (κ1) is 20.1. The van der Waals surface area contributed by atoms with Crippen molar-refractivity contribution >= 4 is 21.4 Å². The van der Waals surface area contributed by atoms with E-state index < -0.39 is 10.0 Å². The van der Waals surface area contributed by atoms with Gasteiger partial charge in [-0.05, 0) is 56.9 Å². The van der Waals surface area contributed by atoms with Crippen LogP contribution in [0.3, 0.4) is 0 Å². The van der Waals surface area contributed by atoms with Gasteiger partial charge in [0.1, 0.15) is 4.90 Å². The molecule has 0 bridgehead atoms. The summed E-state index contributed by atoms with van der Waals surface area (Å²) in [6.07, 6.45) is 4.18. The number of piperidine rings is 1. The summed E-state index contributed by atoms with van der Waals surface area (Å²) in [5, 5.41) is 6.76. The number of nitrogens with zero attached hydrogens (tertiary/aromatic N) is 4. The smallest absolute Gasteiger partial charge is 0.246 e. The highest BCUT2D eigenvalue weighted by Gasteiger charge is 2.34. The molecule has 2 aliphatic heterocycles. The van der Waals surface area contributed by atoms with Crippen molar-refractivity contribution in [2.75, 3.05) is 19.6 Å². The first-order valence-corrected chi connectivity index (χ1v) is 12.5. The molecule has 0 saturated carbocycles. The molecule has 2 aromatic rings. The van der Waals surface area contributed by atoms with Crippen LogP contribution in [-0.2, 0) is 16.7 Å². The van der Waals surface area contributed by atoms with Crippen molar-refractivity contribution in [1.29, 1.82) is 0 Å². The third-order valence-electron chi connectivity index (χ3n) is 6.21. The van der Waals surface area contributed by atoms with Crippen molar-refractivity contribution in [3.63, 3.8) is 0 Å². The first-order valence-electron chi connectivity index (χ1n) is 10.2. The fourth-order valence-electron chi connectivity index (χ4n) is 4.52. The molecule has 0 amide bonds. The zero-order valence-electron chi connectivity index (χ0n) is 17.0. The molecular formula is C20H30N4O2S2. The van der Waals surface area contributed by atoms with Crippen LogP contribution in [0, 0.1) is 19.8 Å². The lowest BCUT2D eigenvalue weighted by atomic mass is 10.0. The molecular weight excluding hydrogens is 392 g/mol. The van der Waals surface area contributed by atoms with E-state index in [1.807, 2.05) is 18.5 Å². The molecule has 0 aliphatic carbocycles. The average molecular weight is 423 g/mol. The van der Waals surface area contributed by atoms with Crippen molar-refractivity contribution in [1.82, 2.24) is 19.0 Å². The normalized spacial score (nSPS) is 22.9. The summed E-state index contributed by atoms with van der Waals surface area (Å²) < 4.78 is 30.1. The van der Waals surface area contributed by atoms with Crippen molar-refractivity contribution in [3.05, 3.63) is 33.8 Å². The number of hydrogen-bond acceptors (Lipinski definition) is 5. The molecule has 4 heterocycles. The zero-order chi connectivity index (χ0) is 19.9. The van der Waals surface area contributed by atoms with Gasteiger partial charge in [0.05, 0.1) is 18.1 Å². The zero-order valence-corrected chi connectivity index (χ0v) is 18.6. The van der Waals surface area contributed by atoms with Crippen LogP contribution < -0.4 is 0 Å². The molecule has 0 aromatic carbocycles.